The van der Waals surface area contributed by atoms with Gasteiger partial charge in [-0.3, -0.25) is 9.48 Å². The van der Waals surface area contributed by atoms with Crippen LogP contribution in [-0.2, 0) is 19.9 Å². The van der Waals surface area contributed by atoms with Crippen LogP contribution in [0.25, 0.3) is 11.3 Å². The van der Waals surface area contributed by atoms with Crippen molar-refractivity contribution in [2.24, 2.45) is 7.05 Å². The van der Waals surface area contributed by atoms with Gasteiger partial charge in [-0.05, 0) is 6.42 Å². The predicted molar refractivity (Wildman–Crippen MR) is 103 cm³/mol. The molecule has 27 heavy (non-hydrogen) atoms. The molecule has 0 radical (unpaired) electrons. The zero-order valence-electron chi connectivity index (χ0n) is 16.0. The Balaban J connectivity index is 1.57. The molecule has 2 aromatic heterocycles. The molecule has 6 nitrogen and oxygen atoms in total. The largest absolute Gasteiger partial charge is 0.360 e. The number of carbonyl (C=O) groups excluding carboxylic acids is 1. The lowest BCUT2D eigenvalue weighted by Gasteiger charge is -2.18. The molecule has 3 aromatic rings. The first-order chi connectivity index (χ1) is 13.0. The summed E-state index contributed by atoms with van der Waals surface area (Å²) in [5.41, 5.74) is 4.97. The van der Waals surface area contributed by atoms with Crippen LogP contribution in [0.1, 0.15) is 47.3 Å². The number of amides is 1. The van der Waals surface area contributed by atoms with Crippen LogP contribution < -0.4 is 0 Å². The van der Waals surface area contributed by atoms with E-state index >= 15 is 0 Å². The smallest absolute Gasteiger partial charge is 0.276 e. The topological polar surface area (TPSA) is 64.2 Å². The molecule has 0 spiro atoms. The zero-order valence-corrected chi connectivity index (χ0v) is 16.0. The van der Waals surface area contributed by atoms with Crippen LogP contribution in [0.4, 0.5) is 0 Å². The van der Waals surface area contributed by atoms with Crippen LogP contribution in [0.5, 0.6) is 0 Å². The van der Waals surface area contributed by atoms with Gasteiger partial charge in [0.05, 0.1) is 5.69 Å². The van der Waals surface area contributed by atoms with E-state index in [1.165, 1.54) is 11.3 Å². The summed E-state index contributed by atoms with van der Waals surface area (Å²) in [6, 6.07) is 12.0. The highest BCUT2D eigenvalue weighted by Gasteiger charge is 2.26. The quantitative estimate of drug-likeness (QED) is 0.714. The normalized spacial score (nSPS) is 14.3. The number of fused-ring (bicyclic) bond motifs is 1. The molecule has 0 atom stereocenters. The average molecular weight is 364 g/mol. The lowest BCUT2D eigenvalue weighted by atomic mass is 10.0. The number of hydrogen-bond acceptors (Lipinski definition) is 4. The van der Waals surface area contributed by atoms with Gasteiger partial charge in [-0.15, -0.1) is 0 Å². The Kier molecular flexibility index (Phi) is 4.56. The van der Waals surface area contributed by atoms with Crippen molar-refractivity contribution in [3.8, 4) is 11.3 Å². The molecule has 6 heteroatoms. The van der Waals surface area contributed by atoms with Crippen molar-refractivity contribution in [1.29, 1.82) is 0 Å². The number of hydrogen-bond donors (Lipinski definition) is 0. The minimum atomic E-state index is -0.0623. The van der Waals surface area contributed by atoms with Gasteiger partial charge in [-0.2, -0.15) is 5.10 Å². The summed E-state index contributed by atoms with van der Waals surface area (Å²) >= 11 is 0. The van der Waals surface area contributed by atoms with E-state index in [2.05, 4.69) is 17.3 Å². The van der Waals surface area contributed by atoms with Crippen LogP contribution in [0.3, 0.4) is 0 Å². The first-order valence-electron chi connectivity index (χ1n) is 9.40. The lowest BCUT2D eigenvalue weighted by molar-refractivity contribution is 0.0752. The van der Waals surface area contributed by atoms with Gasteiger partial charge in [0.2, 0.25) is 0 Å². The van der Waals surface area contributed by atoms with Gasteiger partial charge in [0.15, 0.2) is 5.69 Å². The number of aromatic nitrogens is 3. The SMILES string of the molecule is CC(C)c1cc(C(=O)N2CCc3c(-c4ccccc4)nn(C)c3CC2)no1. The molecule has 0 unspecified atom stereocenters. The maximum atomic E-state index is 12.9. The summed E-state index contributed by atoms with van der Waals surface area (Å²) in [6.45, 7) is 5.36. The number of nitrogens with zero attached hydrogens (tertiary/aromatic N) is 4. The Morgan fingerprint density at radius 2 is 1.89 bits per heavy atom. The summed E-state index contributed by atoms with van der Waals surface area (Å²) < 4.78 is 7.26. The second-order valence-electron chi connectivity index (χ2n) is 7.32. The molecule has 0 saturated carbocycles. The van der Waals surface area contributed by atoms with E-state index in [1.54, 1.807) is 6.07 Å². The molecule has 0 bridgehead atoms. The maximum Gasteiger partial charge on any atom is 0.276 e. The Bertz CT molecular complexity index is 956. The predicted octanol–water partition coefficient (Wildman–Crippen LogP) is 3.44. The molecular formula is C21H24N4O2. The fourth-order valence-electron chi connectivity index (χ4n) is 3.63. The van der Waals surface area contributed by atoms with Crippen molar-refractivity contribution in [2.75, 3.05) is 13.1 Å². The van der Waals surface area contributed by atoms with Crippen LogP contribution >= 0.6 is 0 Å². The highest BCUT2D eigenvalue weighted by Crippen LogP contribution is 2.28. The molecule has 0 fully saturated rings. The second kappa shape index (κ2) is 7.02. The molecule has 4 rings (SSSR count). The van der Waals surface area contributed by atoms with Gasteiger partial charge < -0.3 is 9.42 Å². The summed E-state index contributed by atoms with van der Waals surface area (Å²) in [6.07, 6.45) is 1.57. The van der Waals surface area contributed by atoms with Crippen molar-refractivity contribution < 1.29 is 9.32 Å². The number of aryl methyl sites for hydroxylation is 1. The Morgan fingerprint density at radius 1 is 1.15 bits per heavy atom. The Morgan fingerprint density at radius 3 is 2.59 bits per heavy atom. The monoisotopic (exact) mass is 364 g/mol. The molecule has 1 aliphatic heterocycles. The number of rotatable bonds is 3. The van der Waals surface area contributed by atoms with Crippen molar-refractivity contribution in [3.63, 3.8) is 0 Å². The highest BCUT2D eigenvalue weighted by atomic mass is 16.5. The zero-order chi connectivity index (χ0) is 19.0. The highest BCUT2D eigenvalue weighted by molar-refractivity contribution is 5.92. The van der Waals surface area contributed by atoms with Crippen molar-refractivity contribution in [2.45, 2.75) is 32.6 Å². The van der Waals surface area contributed by atoms with Gasteiger partial charge in [-0.25, -0.2) is 0 Å². The van der Waals surface area contributed by atoms with Crippen molar-refractivity contribution in [3.05, 3.63) is 59.1 Å². The fraction of sp³-hybridized carbons (Fsp3) is 0.381. The second-order valence-corrected chi connectivity index (χ2v) is 7.32. The summed E-state index contributed by atoms with van der Waals surface area (Å²) in [7, 11) is 1.98. The van der Waals surface area contributed by atoms with Crippen LogP contribution in [0, 0.1) is 0 Å². The number of carbonyl (C=O) groups is 1. The van der Waals surface area contributed by atoms with Gasteiger partial charge in [-0.1, -0.05) is 49.3 Å². The molecule has 1 amide bonds. The Labute approximate surface area is 158 Å². The van der Waals surface area contributed by atoms with Crippen molar-refractivity contribution in [1.82, 2.24) is 19.8 Å². The molecule has 0 saturated heterocycles. The fourth-order valence-corrected chi connectivity index (χ4v) is 3.63. The van der Waals surface area contributed by atoms with Crippen LogP contribution in [-0.4, -0.2) is 38.8 Å². The van der Waals surface area contributed by atoms with E-state index in [-0.39, 0.29) is 11.8 Å². The van der Waals surface area contributed by atoms with Crippen LogP contribution in [0.15, 0.2) is 40.9 Å². The van der Waals surface area contributed by atoms with Gasteiger partial charge >= 0.3 is 0 Å². The molecular weight excluding hydrogens is 340 g/mol. The summed E-state index contributed by atoms with van der Waals surface area (Å²) in [5.74, 6) is 0.895. The molecule has 140 valence electrons. The number of benzene rings is 1. The maximum absolute atomic E-state index is 12.9. The first-order valence-corrected chi connectivity index (χ1v) is 9.40. The average Bonchev–Trinajstić information content (AvgIpc) is 3.21. The van der Waals surface area contributed by atoms with Gasteiger partial charge in [0.25, 0.3) is 5.91 Å². The molecule has 0 N–H and O–H groups in total. The minimum absolute atomic E-state index is 0.0623. The van der Waals surface area contributed by atoms with Crippen molar-refractivity contribution >= 4 is 5.91 Å². The van der Waals surface area contributed by atoms with E-state index in [0.717, 1.165) is 29.9 Å². The van der Waals surface area contributed by atoms with E-state index in [9.17, 15) is 4.79 Å². The first kappa shape index (κ1) is 17.5. The minimum Gasteiger partial charge on any atom is -0.360 e. The molecule has 1 aromatic carbocycles. The van der Waals surface area contributed by atoms with Crippen LogP contribution in [0.2, 0.25) is 0 Å². The van der Waals surface area contributed by atoms with Gasteiger partial charge in [0.1, 0.15) is 5.76 Å². The lowest BCUT2D eigenvalue weighted by Crippen LogP contribution is -2.33. The van der Waals surface area contributed by atoms with E-state index in [1.807, 2.05) is 48.7 Å². The Hall–Kier alpha value is -2.89. The molecule has 0 aliphatic carbocycles. The third-order valence-corrected chi connectivity index (χ3v) is 5.18. The molecule has 1 aliphatic rings. The molecule has 3 heterocycles. The van der Waals surface area contributed by atoms with E-state index < -0.39 is 0 Å². The van der Waals surface area contributed by atoms with Gasteiger partial charge in [0, 0.05) is 55.4 Å². The standard InChI is InChI=1S/C21H24N4O2/c1-14(2)19-13-17(23-27-19)21(26)25-11-9-16-18(10-12-25)24(3)22-20(16)15-7-5-4-6-8-15/h4-8,13-14H,9-12H2,1-3H3. The van der Waals surface area contributed by atoms with E-state index in [4.69, 9.17) is 9.62 Å². The summed E-state index contributed by atoms with van der Waals surface area (Å²) in [5, 5.41) is 8.72. The third kappa shape index (κ3) is 3.27. The third-order valence-electron chi connectivity index (χ3n) is 5.18. The summed E-state index contributed by atoms with van der Waals surface area (Å²) in [4.78, 5) is 14.8. The van der Waals surface area contributed by atoms with E-state index in [0.29, 0.717) is 18.8 Å².